The molecule has 1 aromatic heterocycles. The predicted octanol–water partition coefficient (Wildman–Crippen LogP) is 1.68. The van der Waals surface area contributed by atoms with Crippen LogP contribution in [0.4, 0.5) is 11.4 Å². The molecule has 3 rings (SSSR count). The van der Waals surface area contributed by atoms with Crippen LogP contribution in [0.25, 0.3) is 10.1 Å². The summed E-state index contributed by atoms with van der Waals surface area (Å²) >= 11 is 1.39. The van der Waals surface area contributed by atoms with Crippen molar-refractivity contribution >= 4 is 38.8 Å². The lowest BCUT2D eigenvalue weighted by Crippen LogP contribution is -2.43. The number of nitrogens with two attached hydrogens (primary N) is 1. The highest BCUT2D eigenvalue weighted by Gasteiger charge is 2.21. The molecule has 6 heteroatoms. The lowest BCUT2D eigenvalue weighted by molar-refractivity contribution is 0.0607. The number of nitrogens with one attached hydrogen (secondary N) is 1. The van der Waals surface area contributed by atoms with Gasteiger partial charge in [-0.15, -0.1) is 11.3 Å². The summed E-state index contributed by atoms with van der Waals surface area (Å²) in [7, 11) is 1.38. The summed E-state index contributed by atoms with van der Waals surface area (Å²) in [6, 6.07) is 6.07. The molecule has 0 radical (unpaired) electrons. The first kappa shape index (κ1) is 13.2. The van der Waals surface area contributed by atoms with Gasteiger partial charge in [-0.05, 0) is 12.1 Å². The Hall–Kier alpha value is -1.79. The van der Waals surface area contributed by atoms with Crippen molar-refractivity contribution in [3.63, 3.8) is 0 Å². The number of hydrogen-bond acceptors (Lipinski definition) is 6. The van der Waals surface area contributed by atoms with Gasteiger partial charge in [0.1, 0.15) is 4.88 Å². The second-order valence-electron chi connectivity index (χ2n) is 4.72. The number of piperazine rings is 1. The fraction of sp³-hybridized carbons (Fsp3) is 0.357. The zero-order valence-corrected chi connectivity index (χ0v) is 12.1. The minimum Gasteiger partial charge on any atom is -0.465 e. The number of carbonyl (C=O) groups excluding carboxylic acids is 1. The number of benzene rings is 1. The molecule has 106 valence electrons. The van der Waals surface area contributed by atoms with Gasteiger partial charge in [-0.1, -0.05) is 6.07 Å². The number of esters is 1. The maximum atomic E-state index is 11.8. The second-order valence-corrected chi connectivity index (χ2v) is 5.78. The van der Waals surface area contributed by atoms with E-state index in [1.54, 1.807) is 0 Å². The summed E-state index contributed by atoms with van der Waals surface area (Å²) in [5, 5.41) is 4.31. The molecule has 1 aromatic carbocycles. The molecule has 0 aliphatic carbocycles. The lowest BCUT2D eigenvalue weighted by Gasteiger charge is -2.30. The van der Waals surface area contributed by atoms with E-state index in [2.05, 4.69) is 16.3 Å². The molecule has 0 atom stereocenters. The van der Waals surface area contributed by atoms with Crippen molar-refractivity contribution in [2.24, 2.45) is 0 Å². The topological polar surface area (TPSA) is 67.6 Å². The number of rotatable bonds is 2. The Morgan fingerprint density at radius 3 is 2.85 bits per heavy atom. The van der Waals surface area contributed by atoms with Crippen LogP contribution in [0.1, 0.15) is 9.67 Å². The van der Waals surface area contributed by atoms with E-state index in [4.69, 9.17) is 10.5 Å². The number of ether oxygens (including phenoxy) is 1. The van der Waals surface area contributed by atoms with E-state index < -0.39 is 0 Å². The minimum atomic E-state index is -0.366. The molecule has 1 aliphatic heterocycles. The normalized spacial score (nSPS) is 15.6. The summed E-state index contributed by atoms with van der Waals surface area (Å²) < 4.78 is 5.83. The lowest BCUT2D eigenvalue weighted by atomic mass is 10.1. The Morgan fingerprint density at radius 1 is 1.40 bits per heavy atom. The van der Waals surface area contributed by atoms with Gasteiger partial charge in [-0.3, -0.25) is 0 Å². The highest BCUT2D eigenvalue weighted by molar-refractivity contribution is 7.21. The van der Waals surface area contributed by atoms with E-state index in [0.717, 1.165) is 42.0 Å². The van der Waals surface area contributed by atoms with Crippen LogP contribution in [0, 0.1) is 0 Å². The van der Waals surface area contributed by atoms with Crippen LogP contribution < -0.4 is 16.0 Å². The van der Waals surface area contributed by atoms with E-state index in [1.165, 1.54) is 18.4 Å². The molecule has 0 spiro atoms. The largest absolute Gasteiger partial charge is 0.465 e. The highest BCUT2D eigenvalue weighted by atomic mass is 32.1. The van der Waals surface area contributed by atoms with E-state index in [1.807, 2.05) is 12.1 Å². The van der Waals surface area contributed by atoms with Gasteiger partial charge < -0.3 is 20.7 Å². The third-order valence-electron chi connectivity index (χ3n) is 3.56. The van der Waals surface area contributed by atoms with Gasteiger partial charge in [0.15, 0.2) is 0 Å². The molecule has 1 aliphatic rings. The number of carbonyl (C=O) groups is 1. The van der Waals surface area contributed by atoms with Crippen LogP contribution in [0.2, 0.25) is 0 Å². The van der Waals surface area contributed by atoms with Crippen molar-refractivity contribution < 1.29 is 9.53 Å². The molecular weight excluding hydrogens is 274 g/mol. The van der Waals surface area contributed by atoms with Crippen LogP contribution in [0.3, 0.4) is 0 Å². The van der Waals surface area contributed by atoms with Crippen molar-refractivity contribution in [3.05, 3.63) is 23.1 Å². The molecule has 2 heterocycles. The summed E-state index contributed by atoms with van der Waals surface area (Å²) in [5.74, 6) is -0.366. The predicted molar refractivity (Wildman–Crippen MR) is 82.7 cm³/mol. The van der Waals surface area contributed by atoms with Crippen molar-refractivity contribution in [3.8, 4) is 0 Å². The molecular formula is C14H17N3O2S. The number of nitrogen functional groups attached to an aromatic ring is 1. The monoisotopic (exact) mass is 291 g/mol. The van der Waals surface area contributed by atoms with Gasteiger partial charge in [0.05, 0.1) is 12.8 Å². The Bertz CT molecular complexity index is 647. The summed E-state index contributed by atoms with van der Waals surface area (Å²) in [4.78, 5) is 14.6. The average Bonchev–Trinajstić information content (AvgIpc) is 2.85. The summed E-state index contributed by atoms with van der Waals surface area (Å²) in [5.41, 5.74) is 7.83. The number of nitrogens with zero attached hydrogens (tertiary/aromatic N) is 1. The third kappa shape index (κ3) is 2.10. The van der Waals surface area contributed by atoms with Crippen molar-refractivity contribution in [1.29, 1.82) is 0 Å². The third-order valence-corrected chi connectivity index (χ3v) is 4.71. The smallest absolute Gasteiger partial charge is 0.350 e. The maximum Gasteiger partial charge on any atom is 0.350 e. The van der Waals surface area contributed by atoms with Crippen LogP contribution in [0.15, 0.2) is 18.2 Å². The maximum absolute atomic E-state index is 11.8. The van der Waals surface area contributed by atoms with Gasteiger partial charge in [0.25, 0.3) is 0 Å². The van der Waals surface area contributed by atoms with Crippen molar-refractivity contribution in [2.45, 2.75) is 0 Å². The van der Waals surface area contributed by atoms with Gasteiger partial charge in [0.2, 0.25) is 0 Å². The first-order valence-electron chi connectivity index (χ1n) is 6.57. The van der Waals surface area contributed by atoms with Gasteiger partial charge in [-0.25, -0.2) is 4.79 Å². The number of fused-ring (bicyclic) bond motifs is 1. The van der Waals surface area contributed by atoms with E-state index >= 15 is 0 Å². The molecule has 1 saturated heterocycles. The number of thiophene rings is 1. The number of anilines is 2. The molecule has 5 nitrogen and oxygen atoms in total. The second kappa shape index (κ2) is 5.30. The molecule has 1 fully saturated rings. The van der Waals surface area contributed by atoms with Crippen molar-refractivity contribution in [2.75, 3.05) is 43.9 Å². The summed E-state index contributed by atoms with van der Waals surface area (Å²) in [6.07, 6.45) is 0. The Morgan fingerprint density at radius 2 is 2.15 bits per heavy atom. The SMILES string of the molecule is COC(=O)c1sc2cccc(N3CCNCC3)c2c1N. The zero-order valence-electron chi connectivity index (χ0n) is 11.3. The van der Waals surface area contributed by atoms with Gasteiger partial charge >= 0.3 is 5.97 Å². The van der Waals surface area contributed by atoms with E-state index in [-0.39, 0.29) is 5.97 Å². The first-order chi connectivity index (χ1) is 9.72. The van der Waals surface area contributed by atoms with E-state index in [0.29, 0.717) is 10.6 Å². The molecule has 20 heavy (non-hydrogen) atoms. The van der Waals surface area contributed by atoms with E-state index in [9.17, 15) is 4.79 Å². The first-order valence-corrected chi connectivity index (χ1v) is 7.39. The molecule has 0 amide bonds. The molecule has 0 saturated carbocycles. The van der Waals surface area contributed by atoms with Crippen LogP contribution in [-0.2, 0) is 4.74 Å². The summed E-state index contributed by atoms with van der Waals surface area (Å²) in [6.45, 7) is 3.82. The van der Waals surface area contributed by atoms with Crippen LogP contribution >= 0.6 is 11.3 Å². The molecule has 3 N–H and O–H groups in total. The van der Waals surface area contributed by atoms with Crippen molar-refractivity contribution in [1.82, 2.24) is 5.32 Å². The zero-order chi connectivity index (χ0) is 14.1. The molecule has 0 unspecified atom stereocenters. The minimum absolute atomic E-state index is 0.366. The van der Waals surface area contributed by atoms with Crippen LogP contribution in [0.5, 0.6) is 0 Å². The number of hydrogen-bond donors (Lipinski definition) is 2. The highest BCUT2D eigenvalue weighted by Crippen LogP contribution is 2.40. The Balaban J connectivity index is 2.13. The molecule has 2 aromatic rings. The standard InChI is InChI=1S/C14H17N3O2S/c1-19-14(18)13-12(15)11-9(3-2-4-10(11)20-13)17-7-5-16-6-8-17/h2-4,16H,5-8,15H2,1H3. The fourth-order valence-corrected chi connectivity index (χ4v) is 3.63. The number of methoxy groups -OCH3 is 1. The fourth-order valence-electron chi connectivity index (χ4n) is 2.57. The van der Waals surface area contributed by atoms with Gasteiger partial charge in [0, 0.05) is 42.0 Å². The van der Waals surface area contributed by atoms with Crippen LogP contribution in [-0.4, -0.2) is 39.3 Å². The quantitative estimate of drug-likeness (QED) is 0.824. The van der Waals surface area contributed by atoms with Gasteiger partial charge in [-0.2, -0.15) is 0 Å². The molecule has 0 bridgehead atoms. The average molecular weight is 291 g/mol. The Kier molecular flexibility index (Phi) is 3.50. The Labute approximate surface area is 121 Å².